The van der Waals surface area contributed by atoms with Gasteiger partial charge in [0, 0.05) is 51.1 Å². The van der Waals surface area contributed by atoms with Crippen LogP contribution in [0.2, 0.25) is 0 Å². The van der Waals surface area contributed by atoms with Crippen LogP contribution < -0.4 is 0 Å². The van der Waals surface area contributed by atoms with E-state index in [-0.39, 0.29) is 42.1 Å². The SMILES string of the molecule is C=CCCCOC(=O)[C@@H]1[C@H]2C(=O)N(CCCO)C(C(=O)N(CC=C)CCN3CCOCC3)C23S[C@@H]1CC3C. The molecule has 10 heteroatoms. The van der Waals surface area contributed by atoms with Gasteiger partial charge in [0.15, 0.2) is 0 Å². The molecule has 6 atom stereocenters. The zero-order valence-corrected chi connectivity index (χ0v) is 23.4. The monoisotopic (exact) mass is 549 g/mol. The molecule has 0 aliphatic carbocycles. The molecule has 0 saturated carbocycles. The molecule has 0 radical (unpaired) electrons. The number of allylic oxidation sites excluding steroid dienone is 1. The molecule has 4 rings (SSSR count). The molecule has 4 heterocycles. The Balaban J connectivity index is 1.60. The summed E-state index contributed by atoms with van der Waals surface area (Å²) >= 11 is 1.65. The zero-order chi connectivity index (χ0) is 27.3. The molecule has 3 unspecified atom stereocenters. The summed E-state index contributed by atoms with van der Waals surface area (Å²) in [7, 11) is 0. The van der Waals surface area contributed by atoms with Crippen LogP contribution in [0, 0.1) is 17.8 Å². The van der Waals surface area contributed by atoms with Gasteiger partial charge in [-0.2, -0.15) is 0 Å². The third-order valence-corrected chi connectivity index (χ3v) is 10.6. The first kappa shape index (κ1) is 29.1. The Morgan fingerprint density at radius 3 is 2.68 bits per heavy atom. The number of esters is 1. The lowest BCUT2D eigenvalue weighted by Gasteiger charge is -2.41. The van der Waals surface area contributed by atoms with Gasteiger partial charge in [0.1, 0.15) is 6.04 Å². The second-order valence-corrected chi connectivity index (χ2v) is 12.3. The van der Waals surface area contributed by atoms with Crippen molar-refractivity contribution < 1.29 is 29.0 Å². The van der Waals surface area contributed by atoms with Crippen molar-refractivity contribution >= 4 is 29.5 Å². The number of morpholine rings is 1. The third-order valence-electron chi connectivity index (χ3n) is 8.56. The first-order chi connectivity index (χ1) is 18.4. The minimum Gasteiger partial charge on any atom is -0.465 e. The topological polar surface area (TPSA) is 99.6 Å². The van der Waals surface area contributed by atoms with Crippen LogP contribution >= 0.6 is 11.8 Å². The fraction of sp³-hybridized carbons (Fsp3) is 0.750. The first-order valence-corrected chi connectivity index (χ1v) is 14.8. The maximum atomic E-state index is 14.4. The van der Waals surface area contributed by atoms with Crippen molar-refractivity contribution in [2.75, 3.05) is 65.7 Å². The van der Waals surface area contributed by atoms with E-state index in [0.29, 0.717) is 45.8 Å². The van der Waals surface area contributed by atoms with Crippen LogP contribution in [0.25, 0.3) is 0 Å². The number of fused-ring (bicyclic) bond motifs is 1. The summed E-state index contributed by atoms with van der Waals surface area (Å²) < 4.78 is 10.4. The average Bonchev–Trinajstić information content (AvgIpc) is 3.51. The van der Waals surface area contributed by atoms with Gasteiger partial charge < -0.3 is 24.4 Å². The Bertz CT molecular complexity index is 896. The number of aliphatic hydroxyl groups excluding tert-OH is 1. The summed E-state index contributed by atoms with van der Waals surface area (Å²) in [6.45, 7) is 14.9. The molecule has 4 fully saturated rings. The van der Waals surface area contributed by atoms with E-state index in [2.05, 4.69) is 25.0 Å². The molecule has 0 aromatic rings. The molecule has 1 spiro atoms. The number of rotatable bonds is 14. The zero-order valence-electron chi connectivity index (χ0n) is 22.6. The van der Waals surface area contributed by atoms with Crippen molar-refractivity contribution in [2.24, 2.45) is 17.8 Å². The Kier molecular flexibility index (Phi) is 9.95. The van der Waals surface area contributed by atoms with Gasteiger partial charge in [-0.15, -0.1) is 24.9 Å². The second kappa shape index (κ2) is 13.0. The molecule has 38 heavy (non-hydrogen) atoms. The second-order valence-electron chi connectivity index (χ2n) is 10.8. The predicted octanol–water partition coefficient (Wildman–Crippen LogP) is 1.56. The lowest BCUT2D eigenvalue weighted by Crippen LogP contribution is -2.58. The van der Waals surface area contributed by atoms with Crippen LogP contribution in [0.1, 0.15) is 32.6 Å². The maximum Gasteiger partial charge on any atom is 0.310 e. The highest BCUT2D eigenvalue weighted by molar-refractivity contribution is 8.02. The van der Waals surface area contributed by atoms with Gasteiger partial charge in [-0.25, -0.2) is 0 Å². The summed E-state index contributed by atoms with van der Waals surface area (Å²) in [5.41, 5.74) is 0. The molecule has 4 aliphatic rings. The van der Waals surface area contributed by atoms with Crippen molar-refractivity contribution in [3.63, 3.8) is 0 Å². The molecular weight excluding hydrogens is 506 g/mol. The molecule has 4 aliphatic heterocycles. The standard InChI is InChI=1S/C28H43N3O6S/c1-4-6-7-16-37-27(35)22-21-19-20(3)28(38-21)23(22)25(33)31(10-8-15-32)24(28)26(34)30(9-5-2)12-11-29-13-17-36-18-14-29/h4-5,20-24,32H,1-2,6-19H2,3H3/t20?,21-,22+,23+,24?,28?/m1/s1. The van der Waals surface area contributed by atoms with E-state index >= 15 is 0 Å². The number of carbonyl (C=O) groups excluding carboxylic acids is 3. The molecule has 2 bridgehead atoms. The Labute approximate surface area is 230 Å². The minimum atomic E-state index is -0.683. The van der Waals surface area contributed by atoms with Gasteiger partial charge >= 0.3 is 5.97 Å². The van der Waals surface area contributed by atoms with Gasteiger partial charge in [-0.05, 0) is 31.6 Å². The van der Waals surface area contributed by atoms with Crippen LogP contribution in [0.5, 0.6) is 0 Å². The van der Waals surface area contributed by atoms with E-state index in [9.17, 15) is 19.5 Å². The molecule has 212 valence electrons. The lowest BCUT2D eigenvalue weighted by atomic mass is 9.66. The summed E-state index contributed by atoms with van der Waals surface area (Å²) in [6, 6.07) is -0.681. The van der Waals surface area contributed by atoms with Crippen molar-refractivity contribution in [1.82, 2.24) is 14.7 Å². The number of likely N-dealkylation sites (tertiary alicyclic amines) is 1. The summed E-state index contributed by atoms with van der Waals surface area (Å²) in [4.78, 5) is 47.4. The van der Waals surface area contributed by atoms with Crippen molar-refractivity contribution in [3.05, 3.63) is 25.3 Å². The predicted molar refractivity (Wildman–Crippen MR) is 147 cm³/mol. The maximum absolute atomic E-state index is 14.4. The first-order valence-electron chi connectivity index (χ1n) is 14.0. The molecule has 4 saturated heterocycles. The number of unbranched alkanes of at least 4 members (excludes halogenated alkanes) is 1. The molecule has 0 aromatic carbocycles. The number of amides is 2. The average molecular weight is 550 g/mol. The molecule has 2 amide bonds. The van der Waals surface area contributed by atoms with Gasteiger partial charge in [-0.1, -0.05) is 19.1 Å². The van der Waals surface area contributed by atoms with Gasteiger partial charge in [-0.3, -0.25) is 19.3 Å². The van der Waals surface area contributed by atoms with E-state index in [1.807, 2.05) is 4.90 Å². The number of aliphatic hydroxyl groups is 1. The minimum absolute atomic E-state index is 0.0395. The number of ether oxygens (including phenoxy) is 2. The van der Waals surface area contributed by atoms with Crippen LogP contribution in [-0.4, -0.2) is 119 Å². The molecule has 9 nitrogen and oxygen atoms in total. The number of carbonyl (C=O) groups is 3. The Morgan fingerprint density at radius 2 is 2.00 bits per heavy atom. The van der Waals surface area contributed by atoms with Gasteiger partial charge in [0.25, 0.3) is 0 Å². The molecule has 1 N–H and O–H groups in total. The fourth-order valence-corrected chi connectivity index (χ4v) is 9.16. The largest absolute Gasteiger partial charge is 0.465 e. The third kappa shape index (κ3) is 5.42. The van der Waals surface area contributed by atoms with E-state index in [1.54, 1.807) is 28.8 Å². The van der Waals surface area contributed by atoms with Crippen molar-refractivity contribution in [2.45, 2.75) is 48.6 Å². The highest BCUT2D eigenvalue weighted by Crippen LogP contribution is 2.68. The normalized spacial score (nSPS) is 32.3. The van der Waals surface area contributed by atoms with Crippen LogP contribution in [0.3, 0.4) is 0 Å². The lowest BCUT2D eigenvalue weighted by molar-refractivity contribution is -0.154. The highest BCUT2D eigenvalue weighted by Gasteiger charge is 2.76. The van der Waals surface area contributed by atoms with E-state index in [1.165, 1.54) is 0 Å². The Morgan fingerprint density at radius 1 is 1.24 bits per heavy atom. The van der Waals surface area contributed by atoms with E-state index in [0.717, 1.165) is 32.5 Å². The van der Waals surface area contributed by atoms with Crippen LogP contribution in [-0.2, 0) is 23.9 Å². The number of thioether (sulfide) groups is 1. The van der Waals surface area contributed by atoms with Gasteiger partial charge in [0.2, 0.25) is 11.8 Å². The van der Waals surface area contributed by atoms with Gasteiger partial charge in [0.05, 0.1) is 36.4 Å². The summed E-state index contributed by atoms with van der Waals surface area (Å²) in [5.74, 6) is -1.63. The Hall–Kier alpha value is -1.88. The molecular formula is C28H43N3O6S. The summed E-state index contributed by atoms with van der Waals surface area (Å²) in [5, 5.41) is 9.54. The van der Waals surface area contributed by atoms with E-state index < -0.39 is 22.6 Å². The number of hydrogen-bond donors (Lipinski definition) is 1. The summed E-state index contributed by atoms with van der Waals surface area (Å²) in [6.07, 6.45) is 6.13. The van der Waals surface area contributed by atoms with Crippen molar-refractivity contribution in [3.8, 4) is 0 Å². The number of hydrogen-bond acceptors (Lipinski definition) is 8. The van der Waals surface area contributed by atoms with Crippen LogP contribution in [0.4, 0.5) is 0 Å². The number of nitrogens with zero attached hydrogens (tertiary/aromatic N) is 3. The quantitative estimate of drug-likeness (QED) is 0.198. The fourth-order valence-electron chi connectivity index (χ4n) is 6.75. The van der Waals surface area contributed by atoms with Crippen molar-refractivity contribution in [1.29, 1.82) is 0 Å². The van der Waals surface area contributed by atoms with E-state index in [4.69, 9.17) is 9.47 Å². The smallest absolute Gasteiger partial charge is 0.310 e. The van der Waals surface area contributed by atoms with Crippen LogP contribution in [0.15, 0.2) is 25.3 Å². The molecule has 0 aromatic heterocycles. The highest BCUT2D eigenvalue weighted by atomic mass is 32.2.